The van der Waals surface area contributed by atoms with Crippen LogP contribution in [-0.2, 0) is 13.6 Å². The first-order chi connectivity index (χ1) is 5.10. The zero-order valence-electron chi connectivity index (χ0n) is 6.46. The van der Waals surface area contributed by atoms with Crippen LogP contribution < -0.4 is 0 Å². The van der Waals surface area contributed by atoms with Crippen LogP contribution >= 0.6 is 19.2 Å². The van der Waals surface area contributed by atoms with Gasteiger partial charge in [0.2, 0.25) is 0 Å². The Morgan fingerprint density at radius 3 is 2.82 bits per heavy atom. The van der Waals surface area contributed by atoms with Crippen molar-refractivity contribution in [3.05, 3.63) is 10.3 Å². The van der Waals surface area contributed by atoms with Gasteiger partial charge in [-0.15, -0.1) is 0 Å². The largest absolute Gasteiger partial charge is 0.358 e. The zero-order valence-corrected chi connectivity index (χ0v) is 8.11. The lowest BCUT2D eigenvalue weighted by Crippen LogP contribution is -1.89. The zero-order chi connectivity index (χ0) is 8.48. The van der Waals surface area contributed by atoms with Crippen molar-refractivity contribution in [2.75, 3.05) is 13.2 Å². The normalized spacial score (nSPS) is 31.5. The van der Waals surface area contributed by atoms with E-state index in [1.54, 1.807) is 13.8 Å². The molecule has 1 heterocycles. The molecule has 0 fully saturated rings. The lowest BCUT2D eigenvalue weighted by atomic mass is 10.5. The Morgan fingerprint density at radius 1 is 1.82 bits per heavy atom. The second kappa shape index (κ2) is 3.28. The third kappa shape index (κ3) is 1.67. The quantitative estimate of drug-likeness (QED) is 0.637. The van der Waals surface area contributed by atoms with E-state index in [2.05, 4.69) is 0 Å². The molecular weight excluding hydrogens is 186 g/mol. The predicted octanol–water partition coefficient (Wildman–Crippen LogP) is 2.72. The average molecular weight is 197 g/mol. The van der Waals surface area contributed by atoms with Gasteiger partial charge in [0.15, 0.2) is 0 Å². The first-order valence-corrected chi connectivity index (χ1v) is 5.27. The number of allylic oxidation sites excluding steroid dienone is 1. The fourth-order valence-corrected chi connectivity index (χ4v) is 2.70. The van der Waals surface area contributed by atoms with Crippen LogP contribution in [-0.4, -0.2) is 13.2 Å². The topological polar surface area (TPSA) is 35.5 Å². The van der Waals surface area contributed by atoms with Gasteiger partial charge in [0.05, 0.1) is 23.6 Å². The van der Waals surface area contributed by atoms with Crippen LogP contribution in [0.2, 0.25) is 0 Å². The van der Waals surface area contributed by atoms with Gasteiger partial charge in [-0.05, 0) is 13.8 Å². The summed E-state index contributed by atoms with van der Waals surface area (Å²) < 4.78 is 21.5. The number of hydrogen-bond acceptors (Lipinski definition) is 3. The minimum atomic E-state index is -2.97. The highest BCUT2D eigenvalue weighted by atomic mass is 35.5. The van der Waals surface area contributed by atoms with Crippen molar-refractivity contribution in [3.63, 3.8) is 0 Å². The monoisotopic (exact) mass is 196 g/mol. The molecule has 5 heteroatoms. The van der Waals surface area contributed by atoms with Gasteiger partial charge in [-0.1, -0.05) is 11.6 Å². The Balaban J connectivity index is 2.83. The van der Waals surface area contributed by atoms with Gasteiger partial charge in [0, 0.05) is 0 Å². The fraction of sp³-hybridized carbons (Fsp3) is 0.667. The van der Waals surface area contributed by atoms with Crippen LogP contribution in [0.15, 0.2) is 10.3 Å². The molecule has 0 aromatic heterocycles. The molecule has 1 unspecified atom stereocenters. The summed E-state index contributed by atoms with van der Waals surface area (Å²) in [6.45, 7) is 4.03. The molecule has 0 aromatic rings. The maximum Gasteiger partial charge on any atom is 0.358 e. The standard InChI is InChI=1S/C6H10ClO3P/c1-3-9-11(8)5(2)6(7)4-10-11/h3-4H2,1-2H3. The molecule has 1 rings (SSSR count). The predicted molar refractivity (Wildman–Crippen MR) is 43.7 cm³/mol. The van der Waals surface area contributed by atoms with Crippen molar-refractivity contribution in [2.24, 2.45) is 0 Å². The van der Waals surface area contributed by atoms with E-state index >= 15 is 0 Å². The van der Waals surface area contributed by atoms with Crippen molar-refractivity contribution >= 4 is 19.2 Å². The summed E-state index contributed by atoms with van der Waals surface area (Å²) in [5.74, 6) is 0. The molecule has 0 N–H and O–H groups in total. The SMILES string of the molecule is CCOP1(=O)OCC(Cl)=C1C. The van der Waals surface area contributed by atoms with E-state index < -0.39 is 7.60 Å². The Kier molecular flexibility index (Phi) is 2.76. The molecule has 0 saturated carbocycles. The number of halogens is 1. The summed E-state index contributed by atoms with van der Waals surface area (Å²) in [7, 11) is -2.97. The second-order valence-corrected chi connectivity index (χ2v) is 4.82. The molecule has 0 saturated heterocycles. The summed E-state index contributed by atoms with van der Waals surface area (Å²) in [6.07, 6.45) is 0. The van der Waals surface area contributed by atoms with E-state index in [9.17, 15) is 4.57 Å². The maximum atomic E-state index is 11.6. The number of hydrogen-bond donors (Lipinski definition) is 0. The summed E-state index contributed by atoms with van der Waals surface area (Å²) >= 11 is 5.69. The van der Waals surface area contributed by atoms with Crippen molar-refractivity contribution < 1.29 is 13.6 Å². The second-order valence-electron chi connectivity index (χ2n) is 2.18. The van der Waals surface area contributed by atoms with Crippen LogP contribution in [0.4, 0.5) is 0 Å². The van der Waals surface area contributed by atoms with Crippen molar-refractivity contribution in [2.45, 2.75) is 13.8 Å². The van der Waals surface area contributed by atoms with Gasteiger partial charge in [0.25, 0.3) is 0 Å². The first kappa shape index (κ1) is 9.27. The highest BCUT2D eigenvalue weighted by Crippen LogP contribution is 2.61. The third-order valence-electron chi connectivity index (χ3n) is 1.46. The summed E-state index contributed by atoms with van der Waals surface area (Å²) in [4.78, 5) is 0. The van der Waals surface area contributed by atoms with Gasteiger partial charge in [-0.25, -0.2) is 0 Å². The van der Waals surface area contributed by atoms with Crippen LogP contribution in [0.3, 0.4) is 0 Å². The molecule has 1 aliphatic heterocycles. The minimum Gasteiger partial charge on any atom is -0.306 e. The Bertz CT molecular complexity index is 236. The smallest absolute Gasteiger partial charge is 0.306 e. The molecule has 0 bridgehead atoms. The van der Waals surface area contributed by atoms with E-state index in [1.165, 1.54) is 0 Å². The van der Waals surface area contributed by atoms with Crippen molar-refractivity contribution in [1.82, 2.24) is 0 Å². The molecule has 0 radical (unpaired) electrons. The highest BCUT2D eigenvalue weighted by Gasteiger charge is 2.34. The molecule has 3 nitrogen and oxygen atoms in total. The molecule has 0 aromatic carbocycles. The molecule has 0 spiro atoms. The van der Waals surface area contributed by atoms with Crippen LogP contribution in [0.25, 0.3) is 0 Å². The van der Waals surface area contributed by atoms with E-state index in [1.807, 2.05) is 0 Å². The Hall–Kier alpha value is 0.180. The number of rotatable bonds is 2. The van der Waals surface area contributed by atoms with Gasteiger partial charge in [-0.2, -0.15) is 0 Å². The van der Waals surface area contributed by atoms with Crippen LogP contribution in [0.5, 0.6) is 0 Å². The maximum absolute atomic E-state index is 11.6. The van der Waals surface area contributed by atoms with Crippen molar-refractivity contribution in [3.8, 4) is 0 Å². The van der Waals surface area contributed by atoms with E-state index in [0.29, 0.717) is 17.0 Å². The first-order valence-electron chi connectivity index (χ1n) is 3.35. The van der Waals surface area contributed by atoms with Gasteiger partial charge in [0.1, 0.15) is 0 Å². The molecule has 1 aliphatic rings. The van der Waals surface area contributed by atoms with Gasteiger partial charge in [-0.3, -0.25) is 9.09 Å². The van der Waals surface area contributed by atoms with E-state index in [-0.39, 0.29) is 6.61 Å². The van der Waals surface area contributed by atoms with Gasteiger partial charge >= 0.3 is 7.60 Å². The lowest BCUT2D eigenvalue weighted by Gasteiger charge is -2.10. The fourth-order valence-electron chi connectivity index (χ4n) is 0.796. The molecule has 11 heavy (non-hydrogen) atoms. The molecule has 64 valence electrons. The summed E-state index contributed by atoms with van der Waals surface area (Å²) in [5, 5.41) is 1.04. The Labute approximate surface area is 70.9 Å². The molecule has 0 amide bonds. The van der Waals surface area contributed by atoms with E-state index in [0.717, 1.165) is 0 Å². The van der Waals surface area contributed by atoms with E-state index in [4.69, 9.17) is 20.6 Å². The van der Waals surface area contributed by atoms with Crippen LogP contribution in [0, 0.1) is 0 Å². The van der Waals surface area contributed by atoms with Crippen molar-refractivity contribution in [1.29, 1.82) is 0 Å². The molecule has 0 aliphatic carbocycles. The molecular formula is C6H10ClO3P. The van der Waals surface area contributed by atoms with Gasteiger partial charge < -0.3 is 4.52 Å². The summed E-state index contributed by atoms with van der Waals surface area (Å²) in [5.41, 5.74) is 0. The minimum absolute atomic E-state index is 0.213. The third-order valence-corrected chi connectivity index (χ3v) is 4.15. The Morgan fingerprint density at radius 2 is 2.45 bits per heavy atom. The highest BCUT2D eigenvalue weighted by molar-refractivity contribution is 7.58. The lowest BCUT2D eigenvalue weighted by molar-refractivity contribution is 0.242. The van der Waals surface area contributed by atoms with Crippen LogP contribution in [0.1, 0.15) is 13.8 Å². The molecule has 1 atom stereocenters. The summed E-state index contributed by atoms with van der Waals surface area (Å²) in [6, 6.07) is 0. The average Bonchev–Trinajstić information content (AvgIpc) is 2.19.